The topological polar surface area (TPSA) is 59.2 Å². The van der Waals surface area contributed by atoms with E-state index in [1.54, 1.807) is 17.4 Å². The molecule has 1 saturated heterocycles. The highest BCUT2D eigenvalue weighted by atomic mass is 32.1. The molecule has 5 heteroatoms. The molecular weight excluding hydrogens is 306 g/mol. The van der Waals surface area contributed by atoms with E-state index in [9.17, 15) is 4.79 Å². The van der Waals surface area contributed by atoms with Crippen LogP contribution in [0.5, 0.6) is 0 Å². The predicted molar refractivity (Wildman–Crippen MR) is 94.9 cm³/mol. The largest absolute Gasteiger partial charge is 0.398 e. The van der Waals surface area contributed by atoms with Gasteiger partial charge in [-0.3, -0.25) is 4.79 Å². The number of thiazole rings is 1. The first-order valence-electron chi connectivity index (χ1n) is 8.15. The van der Waals surface area contributed by atoms with Crippen molar-refractivity contribution in [3.8, 4) is 0 Å². The fourth-order valence-electron chi connectivity index (χ4n) is 2.98. The third kappa shape index (κ3) is 3.39. The number of amides is 1. The van der Waals surface area contributed by atoms with E-state index in [-0.39, 0.29) is 5.91 Å². The molecule has 1 aromatic carbocycles. The Bertz CT molecular complexity index is 695. The van der Waals surface area contributed by atoms with E-state index in [4.69, 9.17) is 10.7 Å². The Morgan fingerprint density at radius 2 is 2.17 bits per heavy atom. The molecular formula is C18H23N3OS. The maximum atomic E-state index is 12.7. The van der Waals surface area contributed by atoms with E-state index in [1.807, 2.05) is 23.1 Å². The smallest absolute Gasteiger partial charge is 0.255 e. The number of rotatable bonds is 3. The normalized spacial score (nSPS) is 18.4. The van der Waals surface area contributed by atoms with Gasteiger partial charge in [-0.15, -0.1) is 11.3 Å². The van der Waals surface area contributed by atoms with Crippen molar-refractivity contribution in [2.45, 2.75) is 38.5 Å². The number of likely N-dealkylation sites (tertiary alicyclic amines) is 1. The zero-order valence-corrected chi connectivity index (χ0v) is 14.5. The van der Waals surface area contributed by atoms with Crippen LogP contribution >= 0.6 is 11.3 Å². The van der Waals surface area contributed by atoms with Crippen LogP contribution in [-0.4, -0.2) is 28.9 Å². The number of anilines is 1. The molecule has 2 N–H and O–H groups in total. The van der Waals surface area contributed by atoms with Gasteiger partial charge in [0.2, 0.25) is 0 Å². The van der Waals surface area contributed by atoms with Crippen LogP contribution in [0.1, 0.15) is 59.6 Å². The molecule has 1 amide bonds. The quantitative estimate of drug-likeness (QED) is 0.870. The number of nitrogen functional groups attached to an aromatic ring is 1. The molecule has 1 aliphatic heterocycles. The molecule has 0 radical (unpaired) electrons. The fourth-order valence-corrected chi connectivity index (χ4v) is 4.09. The Kier molecular flexibility index (Phi) is 4.66. The van der Waals surface area contributed by atoms with Crippen LogP contribution in [0.4, 0.5) is 5.69 Å². The third-order valence-corrected chi connectivity index (χ3v) is 5.41. The summed E-state index contributed by atoms with van der Waals surface area (Å²) in [6, 6.07) is 7.31. The summed E-state index contributed by atoms with van der Waals surface area (Å²) < 4.78 is 0. The highest BCUT2D eigenvalue weighted by molar-refractivity contribution is 7.09. The Morgan fingerprint density at radius 3 is 2.87 bits per heavy atom. The molecule has 4 nitrogen and oxygen atoms in total. The molecule has 0 bridgehead atoms. The van der Waals surface area contributed by atoms with E-state index >= 15 is 0 Å². The van der Waals surface area contributed by atoms with Crippen molar-refractivity contribution < 1.29 is 4.79 Å². The number of nitrogens with zero attached hydrogens (tertiary/aromatic N) is 2. The van der Waals surface area contributed by atoms with E-state index < -0.39 is 0 Å². The van der Waals surface area contributed by atoms with Gasteiger partial charge in [-0.25, -0.2) is 4.98 Å². The first-order valence-corrected chi connectivity index (χ1v) is 9.03. The summed E-state index contributed by atoms with van der Waals surface area (Å²) in [6.45, 7) is 5.85. The summed E-state index contributed by atoms with van der Waals surface area (Å²) in [4.78, 5) is 19.4. The molecule has 0 saturated carbocycles. The average molecular weight is 329 g/mol. The molecule has 2 heterocycles. The number of aromatic nitrogens is 1. The molecule has 2 aromatic rings. The molecule has 1 atom stereocenters. The van der Waals surface area contributed by atoms with E-state index in [2.05, 4.69) is 19.2 Å². The summed E-state index contributed by atoms with van der Waals surface area (Å²) in [5.41, 5.74) is 8.26. The Labute approximate surface area is 141 Å². The number of benzene rings is 1. The number of hydrogen-bond donors (Lipinski definition) is 1. The molecule has 1 fully saturated rings. The minimum atomic E-state index is 0.0356. The zero-order valence-electron chi connectivity index (χ0n) is 13.7. The molecule has 1 unspecified atom stereocenters. The Balaban J connectivity index is 1.75. The second-order valence-electron chi connectivity index (χ2n) is 6.44. The number of carbonyl (C=O) groups is 1. The van der Waals surface area contributed by atoms with Crippen molar-refractivity contribution in [1.29, 1.82) is 0 Å². The van der Waals surface area contributed by atoms with Crippen LogP contribution in [0.15, 0.2) is 29.6 Å². The number of carbonyl (C=O) groups excluding carboxylic acids is 1. The Hall–Kier alpha value is -1.88. The number of piperidine rings is 1. The number of hydrogen-bond acceptors (Lipinski definition) is 4. The van der Waals surface area contributed by atoms with Gasteiger partial charge in [-0.1, -0.05) is 26.0 Å². The lowest BCUT2D eigenvalue weighted by Crippen LogP contribution is -2.39. The summed E-state index contributed by atoms with van der Waals surface area (Å²) >= 11 is 1.72. The molecule has 0 spiro atoms. The van der Waals surface area contributed by atoms with Crippen LogP contribution in [0, 0.1) is 0 Å². The van der Waals surface area contributed by atoms with Crippen LogP contribution < -0.4 is 5.73 Å². The predicted octanol–water partition coefficient (Wildman–Crippen LogP) is 3.87. The van der Waals surface area contributed by atoms with E-state index in [0.717, 1.165) is 36.6 Å². The molecule has 0 aliphatic carbocycles. The standard InChI is InChI=1S/C18H23N3OS/c1-12(2)16-11-23-17(20-16)13-6-5-9-21(10-13)18(22)14-7-3-4-8-15(14)19/h3-4,7-8,11-13H,5-6,9-10,19H2,1-2H3. The van der Waals surface area contributed by atoms with Crippen molar-refractivity contribution in [3.05, 3.63) is 45.9 Å². The molecule has 122 valence electrons. The second-order valence-corrected chi connectivity index (χ2v) is 7.33. The Morgan fingerprint density at radius 1 is 1.39 bits per heavy atom. The van der Waals surface area contributed by atoms with Crippen molar-refractivity contribution in [2.75, 3.05) is 18.8 Å². The highest BCUT2D eigenvalue weighted by Gasteiger charge is 2.28. The van der Waals surface area contributed by atoms with Gasteiger partial charge in [-0.05, 0) is 30.9 Å². The van der Waals surface area contributed by atoms with Crippen molar-refractivity contribution in [3.63, 3.8) is 0 Å². The second kappa shape index (κ2) is 6.71. The molecule has 1 aromatic heterocycles. The maximum absolute atomic E-state index is 12.7. The van der Waals surface area contributed by atoms with E-state index in [1.165, 1.54) is 0 Å². The lowest BCUT2D eigenvalue weighted by molar-refractivity contribution is 0.0708. The highest BCUT2D eigenvalue weighted by Crippen LogP contribution is 2.31. The van der Waals surface area contributed by atoms with Gasteiger partial charge in [0.25, 0.3) is 5.91 Å². The van der Waals surface area contributed by atoms with Gasteiger partial charge in [0.05, 0.1) is 16.3 Å². The monoisotopic (exact) mass is 329 g/mol. The van der Waals surface area contributed by atoms with E-state index in [0.29, 0.717) is 23.1 Å². The van der Waals surface area contributed by atoms with Gasteiger partial charge in [0, 0.05) is 30.1 Å². The number of para-hydroxylation sites is 1. The SMILES string of the molecule is CC(C)c1csc(C2CCCN(C(=O)c3ccccc3N)C2)n1. The van der Waals surface area contributed by atoms with Crippen LogP contribution in [-0.2, 0) is 0 Å². The summed E-state index contributed by atoms with van der Waals surface area (Å²) in [5, 5.41) is 3.31. The van der Waals surface area contributed by atoms with Gasteiger partial charge in [0.1, 0.15) is 0 Å². The fraction of sp³-hybridized carbons (Fsp3) is 0.444. The first-order chi connectivity index (χ1) is 11.1. The van der Waals surface area contributed by atoms with Crippen molar-refractivity contribution >= 4 is 22.9 Å². The average Bonchev–Trinajstić information content (AvgIpc) is 3.05. The van der Waals surface area contributed by atoms with Crippen molar-refractivity contribution in [1.82, 2.24) is 9.88 Å². The molecule has 23 heavy (non-hydrogen) atoms. The van der Waals surface area contributed by atoms with Gasteiger partial charge >= 0.3 is 0 Å². The zero-order chi connectivity index (χ0) is 16.4. The summed E-state index contributed by atoms with van der Waals surface area (Å²) in [5.74, 6) is 0.828. The van der Waals surface area contributed by atoms with Gasteiger partial charge in [0.15, 0.2) is 0 Å². The summed E-state index contributed by atoms with van der Waals surface area (Å²) in [6.07, 6.45) is 2.11. The van der Waals surface area contributed by atoms with Gasteiger partial charge in [-0.2, -0.15) is 0 Å². The van der Waals surface area contributed by atoms with Crippen LogP contribution in [0.2, 0.25) is 0 Å². The molecule has 3 rings (SSSR count). The minimum Gasteiger partial charge on any atom is -0.398 e. The van der Waals surface area contributed by atoms with Gasteiger partial charge < -0.3 is 10.6 Å². The summed E-state index contributed by atoms with van der Waals surface area (Å²) in [7, 11) is 0. The maximum Gasteiger partial charge on any atom is 0.255 e. The molecule has 1 aliphatic rings. The lowest BCUT2D eigenvalue weighted by Gasteiger charge is -2.32. The van der Waals surface area contributed by atoms with Crippen LogP contribution in [0.25, 0.3) is 0 Å². The lowest BCUT2D eigenvalue weighted by atomic mass is 9.97. The number of nitrogens with two attached hydrogens (primary N) is 1. The first kappa shape index (κ1) is 16.0. The minimum absolute atomic E-state index is 0.0356. The van der Waals surface area contributed by atoms with Crippen LogP contribution in [0.3, 0.4) is 0 Å². The third-order valence-electron chi connectivity index (χ3n) is 4.38. The van der Waals surface area contributed by atoms with Crippen molar-refractivity contribution in [2.24, 2.45) is 0 Å².